The summed E-state index contributed by atoms with van der Waals surface area (Å²) in [6.07, 6.45) is 0.729. The number of benzene rings is 1. The van der Waals surface area contributed by atoms with Gasteiger partial charge in [-0.05, 0) is 12.1 Å². The van der Waals surface area contributed by atoms with Crippen molar-refractivity contribution in [2.75, 3.05) is 0 Å². The van der Waals surface area contributed by atoms with Crippen LogP contribution < -0.4 is 0 Å². The molecule has 68 valence electrons. The summed E-state index contributed by atoms with van der Waals surface area (Å²) in [4.78, 5) is 0.507. The van der Waals surface area contributed by atoms with Gasteiger partial charge in [0.05, 0.1) is 4.90 Å². The Morgan fingerprint density at radius 1 is 1.23 bits per heavy atom. The molecule has 0 radical (unpaired) electrons. The van der Waals surface area contributed by atoms with Crippen LogP contribution >= 0.6 is 11.9 Å². The molecule has 0 spiro atoms. The normalized spacial score (nSPS) is 19.1. The minimum Gasteiger partial charge on any atom is -0.614 e. The third kappa shape index (κ3) is 1.54. The van der Waals surface area contributed by atoms with E-state index >= 15 is 0 Å². The molecule has 2 rings (SSSR count). The lowest BCUT2D eigenvalue weighted by Crippen LogP contribution is -2.22. The Hall–Kier alpha value is -1.01. The molecule has 0 bridgehead atoms. The fraction of sp³-hybridized carbons (Fsp3) is 0. The van der Waals surface area contributed by atoms with Crippen molar-refractivity contribution >= 4 is 17.7 Å². The van der Waals surface area contributed by atoms with E-state index in [0.29, 0.717) is 22.4 Å². The van der Waals surface area contributed by atoms with Crippen LogP contribution in [0.25, 0.3) is 5.76 Å². The first-order valence-electron chi connectivity index (χ1n) is 3.60. The quantitative estimate of drug-likeness (QED) is 0.393. The number of fused-ring (bicyclic) bond motifs is 1. The van der Waals surface area contributed by atoms with E-state index in [1.54, 1.807) is 24.3 Å². The third-order valence-electron chi connectivity index (χ3n) is 1.67. The SMILES string of the molecule is [O-][N+]1([O-])C=C(O)c2ccccc2S1. The lowest BCUT2D eigenvalue weighted by Gasteiger charge is -2.41. The zero-order chi connectivity index (χ0) is 9.47. The van der Waals surface area contributed by atoms with E-state index in [4.69, 9.17) is 0 Å². The van der Waals surface area contributed by atoms with Gasteiger partial charge in [-0.3, -0.25) is 0 Å². The van der Waals surface area contributed by atoms with Crippen LogP contribution in [0.1, 0.15) is 5.56 Å². The molecule has 13 heavy (non-hydrogen) atoms. The van der Waals surface area contributed by atoms with Crippen molar-refractivity contribution < 1.29 is 9.32 Å². The Balaban J connectivity index is 2.55. The Labute approximate surface area is 79.0 Å². The zero-order valence-electron chi connectivity index (χ0n) is 6.51. The van der Waals surface area contributed by atoms with Crippen LogP contribution in [0.4, 0.5) is 0 Å². The molecule has 1 aliphatic heterocycles. The summed E-state index contributed by atoms with van der Waals surface area (Å²) in [6, 6.07) is 6.74. The van der Waals surface area contributed by atoms with E-state index in [-0.39, 0.29) is 5.76 Å². The second-order valence-electron chi connectivity index (χ2n) is 2.64. The molecule has 0 unspecified atom stereocenters. The van der Waals surface area contributed by atoms with Crippen molar-refractivity contribution in [2.24, 2.45) is 0 Å². The Kier molecular flexibility index (Phi) is 1.81. The summed E-state index contributed by atoms with van der Waals surface area (Å²) in [5.41, 5.74) is 0.535. The molecule has 1 aromatic rings. The van der Waals surface area contributed by atoms with Crippen LogP contribution in [-0.4, -0.2) is 9.32 Å². The zero-order valence-corrected chi connectivity index (χ0v) is 7.32. The lowest BCUT2D eigenvalue weighted by molar-refractivity contribution is -0.618. The number of rotatable bonds is 0. The monoisotopic (exact) mass is 196 g/mol. The highest BCUT2D eigenvalue weighted by Crippen LogP contribution is 2.39. The summed E-state index contributed by atoms with van der Waals surface area (Å²) in [7, 11) is 0. The molecular formula is C8H6NO3S-. The number of hydrogen-bond donors (Lipinski definition) is 1. The molecule has 0 atom stereocenters. The van der Waals surface area contributed by atoms with Gasteiger partial charge in [-0.1, -0.05) is 12.1 Å². The average molecular weight is 196 g/mol. The van der Waals surface area contributed by atoms with Gasteiger partial charge in [0.1, 0.15) is 11.9 Å². The van der Waals surface area contributed by atoms with E-state index in [2.05, 4.69) is 0 Å². The third-order valence-corrected chi connectivity index (χ3v) is 2.58. The second-order valence-corrected chi connectivity index (χ2v) is 3.77. The summed E-state index contributed by atoms with van der Waals surface area (Å²) >= 11 is 0.608. The van der Waals surface area contributed by atoms with E-state index in [1.807, 2.05) is 0 Å². The molecule has 0 aromatic heterocycles. The Bertz CT molecular complexity index is 375. The molecule has 4 nitrogen and oxygen atoms in total. The van der Waals surface area contributed by atoms with Gasteiger partial charge in [0.2, 0.25) is 0 Å². The van der Waals surface area contributed by atoms with Crippen molar-refractivity contribution in [3.05, 3.63) is 46.4 Å². The lowest BCUT2D eigenvalue weighted by atomic mass is 10.2. The number of hydrogen-bond acceptors (Lipinski definition) is 4. The highest BCUT2D eigenvalue weighted by atomic mass is 32.2. The van der Waals surface area contributed by atoms with Crippen molar-refractivity contribution in [1.82, 2.24) is 0 Å². The molecule has 1 heterocycles. The van der Waals surface area contributed by atoms with Gasteiger partial charge in [0, 0.05) is 5.56 Å². The molecular weight excluding hydrogens is 190 g/mol. The highest BCUT2D eigenvalue weighted by Gasteiger charge is 2.21. The van der Waals surface area contributed by atoms with Gasteiger partial charge in [0.15, 0.2) is 12.0 Å². The number of hydroxylamine groups is 2. The summed E-state index contributed by atoms with van der Waals surface area (Å²) in [6.45, 7) is 0. The van der Waals surface area contributed by atoms with Crippen LogP contribution in [0.5, 0.6) is 0 Å². The standard InChI is InChI=1S/C8H6NO3S/c10-7-5-9(11,12)13-8-4-2-1-3-6(7)8/h1-5,10H/q-1. The predicted octanol–water partition coefficient (Wildman–Crippen LogP) is 2.38. The molecule has 1 aliphatic rings. The molecule has 0 saturated heterocycles. The summed E-state index contributed by atoms with van der Waals surface area (Å²) < 4.78 is -1.87. The van der Waals surface area contributed by atoms with E-state index < -0.39 is 4.21 Å². The van der Waals surface area contributed by atoms with Gasteiger partial charge in [0.25, 0.3) is 0 Å². The van der Waals surface area contributed by atoms with Crippen LogP contribution in [0.2, 0.25) is 0 Å². The van der Waals surface area contributed by atoms with E-state index in [0.717, 1.165) is 6.20 Å². The van der Waals surface area contributed by atoms with Gasteiger partial charge < -0.3 is 19.7 Å². The largest absolute Gasteiger partial charge is 0.614 e. The minimum absolute atomic E-state index is 0.251. The second kappa shape index (κ2) is 2.74. The molecule has 0 saturated carbocycles. The van der Waals surface area contributed by atoms with E-state index in [1.165, 1.54) is 0 Å². The first-order valence-corrected chi connectivity index (χ1v) is 4.37. The first-order chi connectivity index (χ1) is 6.08. The molecule has 0 amide bonds. The summed E-state index contributed by atoms with van der Waals surface area (Å²) in [5, 5.41) is 31.3. The fourth-order valence-corrected chi connectivity index (χ4v) is 1.98. The molecule has 0 fully saturated rings. The van der Waals surface area contributed by atoms with Crippen LogP contribution in [0.3, 0.4) is 0 Å². The highest BCUT2D eigenvalue weighted by molar-refractivity contribution is 7.94. The fourth-order valence-electron chi connectivity index (χ4n) is 1.14. The van der Waals surface area contributed by atoms with Gasteiger partial charge in [-0.25, -0.2) is 0 Å². The van der Waals surface area contributed by atoms with Crippen LogP contribution in [0.15, 0.2) is 35.4 Å². The topological polar surface area (TPSA) is 66.3 Å². The number of aliphatic hydroxyl groups is 1. The summed E-state index contributed by atoms with van der Waals surface area (Å²) in [5.74, 6) is -0.251. The molecule has 1 aromatic carbocycles. The van der Waals surface area contributed by atoms with Crippen molar-refractivity contribution in [2.45, 2.75) is 4.90 Å². The van der Waals surface area contributed by atoms with Gasteiger partial charge >= 0.3 is 0 Å². The van der Waals surface area contributed by atoms with Crippen molar-refractivity contribution in [3.8, 4) is 0 Å². The predicted molar refractivity (Wildman–Crippen MR) is 49.9 cm³/mol. The maximum atomic E-state index is 11.0. The minimum atomic E-state index is -1.87. The van der Waals surface area contributed by atoms with Crippen molar-refractivity contribution in [1.29, 1.82) is 0 Å². The number of quaternary nitrogens is 1. The average Bonchev–Trinajstić information content (AvgIpc) is 2.02. The Morgan fingerprint density at radius 3 is 2.69 bits per heavy atom. The molecule has 0 aliphatic carbocycles. The van der Waals surface area contributed by atoms with Gasteiger partial charge in [-0.2, -0.15) is 0 Å². The maximum absolute atomic E-state index is 11.0. The van der Waals surface area contributed by atoms with Crippen LogP contribution in [-0.2, 0) is 0 Å². The van der Waals surface area contributed by atoms with Gasteiger partial charge in [-0.15, -0.1) is 0 Å². The number of nitrogens with zero attached hydrogens (tertiary/aromatic N) is 1. The maximum Gasteiger partial charge on any atom is 0.179 e. The smallest absolute Gasteiger partial charge is 0.179 e. The van der Waals surface area contributed by atoms with E-state index in [9.17, 15) is 15.5 Å². The van der Waals surface area contributed by atoms with Crippen LogP contribution in [0, 0.1) is 10.4 Å². The molecule has 5 heteroatoms. The Morgan fingerprint density at radius 2 is 1.92 bits per heavy atom. The molecule has 1 N–H and O–H groups in total. The first kappa shape index (κ1) is 8.58. The van der Waals surface area contributed by atoms with Crippen molar-refractivity contribution in [3.63, 3.8) is 0 Å². The number of aliphatic hydroxyl groups excluding tert-OH is 1.